The Labute approximate surface area is 135 Å². The third kappa shape index (κ3) is 1.76. The summed E-state index contributed by atoms with van der Waals surface area (Å²) in [5, 5.41) is 0. The topological polar surface area (TPSA) is 26.3 Å². The molecule has 0 aromatic heterocycles. The molecular weight excluding hydrogens is 272 g/mol. The van der Waals surface area contributed by atoms with Crippen LogP contribution < -0.4 is 0 Å². The highest BCUT2D eigenvalue weighted by Gasteiger charge is 2.64. The Kier molecular flexibility index (Phi) is 3.08. The molecule has 6 atom stereocenters. The first-order valence-corrected chi connectivity index (χ1v) is 9.46. The lowest BCUT2D eigenvalue weighted by Gasteiger charge is -2.65. The molecule has 2 heteroatoms. The molecule has 2 nitrogen and oxygen atoms in total. The van der Waals surface area contributed by atoms with Gasteiger partial charge in [0, 0.05) is 5.92 Å². The summed E-state index contributed by atoms with van der Waals surface area (Å²) in [6, 6.07) is 0. The molecule has 1 aliphatic heterocycles. The quantitative estimate of drug-likeness (QED) is 0.600. The van der Waals surface area contributed by atoms with Gasteiger partial charge in [-0.3, -0.25) is 4.79 Å². The van der Waals surface area contributed by atoms with Gasteiger partial charge in [0.05, 0.1) is 12.5 Å². The third-order valence-corrected chi connectivity index (χ3v) is 8.65. The van der Waals surface area contributed by atoms with Gasteiger partial charge in [-0.05, 0) is 66.6 Å². The summed E-state index contributed by atoms with van der Waals surface area (Å²) in [7, 11) is 0. The molecule has 0 aromatic carbocycles. The number of fused-ring (bicyclic) bond motifs is 5. The molecule has 4 fully saturated rings. The first-order valence-electron chi connectivity index (χ1n) is 9.46. The van der Waals surface area contributed by atoms with Gasteiger partial charge in [0.25, 0.3) is 0 Å². The van der Waals surface area contributed by atoms with Crippen LogP contribution in [-0.4, -0.2) is 12.6 Å². The first kappa shape index (κ1) is 15.0. The van der Waals surface area contributed by atoms with Gasteiger partial charge < -0.3 is 4.74 Å². The average molecular weight is 304 g/mol. The molecule has 124 valence electrons. The molecule has 0 aromatic rings. The standard InChI is InChI=1S/C20H32O2/c1-18(2)9-5-10-20(4)15(18)8-11-19(3)14-12-22-17(21)13(14)6-7-16(19)20/h13-16H,5-12H2,1-4H3/t13-,14-,15?,16+,19+,20+/m1/s1. The van der Waals surface area contributed by atoms with E-state index in [2.05, 4.69) is 27.7 Å². The number of cyclic esters (lactones) is 1. The fourth-order valence-electron chi connectivity index (χ4n) is 7.66. The summed E-state index contributed by atoms with van der Waals surface area (Å²) < 4.78 is 5.49. The average Bonchev–Trinajstić information content (AvgIpc) is 2.80. The van der Waals surface area contributed by atoms with E-state index in [-0.39, 0.29) is 11.9 Å². The van der Waals surface area contributed by atoms with Crippen LogP contribution in [0.25, 0.3) is 0 Å². The van der Waals surface area contributed by atoms with E-state index in [0.717, 1.165) is 18.3 Å². The molecule has 0 bridgehead atoms. The smallest absolute Gasteiger partial charge is 0.309 e. The van der Waals surface area contributed by atoms with Crippen molar-refractivity contribution >= 4 is 5.97 Å². The van der Waals surface area contributed by atoms with E-state index in [0.29, 0.717) is 28.8 Å². The van der Waals surface area contributed by atoms with Crippen molar-refractivity contribution in [2.75, 3.05) is 6.61 Å². The number of esters is 1. The molecule has 3 saturated carbocycles. The predicted octanol–water partition coefficient (Wildman–Crippen LogP) is 4.82. The lowest BCUT2D eigenvalue weighted by atomic mass is 9.39. The highest BCUT2D eigenvalue weighted by Crippen LogP contribution is 2.69. The van der Waals surface area contributed by atoms with Crippen molar-refractivity contribution in [3.63, 3.8) is 0 Å². The van der Waals surface area contributed by atoms with Crippen LogP contribution in [0.4, 0.5) is 0 Å². The molecule has 1 saturated heterocycles. The fourth-order valence-corrected chi connectivity index (χ4v) is 7.66. The van der Waals surface area contributed by atoms with E-state index >= 15 is 0 Å². The number of carbonyl (C=O) groups is 1. The summed E-state index contributed by atoms with van der Waals surface area (Å²) in [4.78, 5) is 12.1. The Morgan fingerprint density at radius 3 is 2.45 bits per heavy atom. The van der Waals surface area contributed by atoms with Gasteiger partial charge in [-0.1, -0.05) is 34.1 Å². The van der Waals surface area contributed by atoms with E-state index < -0.39 is 0 Å². The van der Waals surface area contributed by atoms with Crippen LogP contribution in [0.5, 0.6) is 0 Å². The lowest BCUT2D eigenvalue weighted by molar-refractivity contribution is -0.170. The summed E-state index contributed by atoms with van der Waals surface area (Å²) in [5.41, 5.74) is 1.30. The number of hydrogen-bond donors (Lipinski definition) is 0. The molecular formula is C20H32O2. The van der Waals surface area contributed by atoms with Crippen molar-refractivity contribution in [1.29, 1.82) is 0 Å². The van der Waals surface area contributed by atoms with Crippen LogP contribution in [0.15, 0.2) is 0 Å². The largest absolute Gasteiger partial charge is 0.465 e. The van der Waals surface area contributed by atoms with Crippen molar-refractivity contribution in [3.8, 4) is 0 Å². The molecule has 0 amide bonds. The lowest BCUT2D eigenvalue weighted by Crippen LogP contribution is -2.59. The minimum absolute atomic E-state index is 0.0981. The summed E-state index contributed by atoms with van der Waals surface area (Å²) in [5.74, 6) is 2.44. The Hall–Kier alpha value is -0.530. The summed E-state index contributed by atoms with van der Waals surface area (Å²) >= 11 is 0. The van der Waals surface area contributed by atoms with Gasteiger partial charge >= 0.3 is 5.97 Å². The van der Waals surface area contributed by atoms with Crippen molar-refractivity contribution < 1.29 is 9.53 Å². The number of carbonyl (C=O) groups excluding carboxylic acids is 1. The van der Waals surface area contributed by atoms with E-state index in [9.17, 15) is 4.79 Å². The molecule has 0 radical (unpaired) electrons. The molecule has 0 spiro atoms. The predicted molar refractivity (Wildman–Crippen MR) is 87.2 cm³/mol. The normalized spacial score (nSPS) is 53.2. The molecule has 3 aliphatic carbocycles. The minimum atomic E-state index is 0.0981. The first-order chi connectivity index (χ1) is 10.3. The maximum Gasteiger partial charge on any atom is 0.309 e. The SMILES string of the molecule is CC1(C)CCC[C@@]2(C)C1CC[C@@]1(C)[C@@H]3COC(=O)[C@@H]3CC[C@@H]12. The van der Waals surface area contributed by atoms with Crippen molar-refractivity contribution in [3.05, 3.63) is 0 Å². The van der Waals surface area contributed by atoms with E-state index in [4.69, 9.17) is 4.74 Å². The van der Waals surface area contributed by atoms with Crippen molar-refractivity contribution in [2.45, 2.75) is 72.6 Å². The van der Waals surface area contributed by atoms with Crippen molar-refractivity contribution in [2.24, 2.45) is 39.9 Å². The van der Waals surface area contributed by atoms with Crippen LogP contribution in [0.1, 0.15) is 72.6 Å². The van der Waals surface area contributed by atoms with Gasteiger partial charge in [0.1, 0.15) is 0 Å². The minimum Gasteiger partial charge on any atom is -0.465 e. The maximum absolute atomic E-state index is 12.1. The van der Waals surface area contributed by atoms with E-state index in [1.807, 2.05) is 0 Å². The maximum atomic E-state index is 12.1. The van der Waals surface area contributed by atoms with Gasteiger partial charge in [-0.25, -0.2) is 0 Å². The van der Waals surface area contributed by atoms with Crippen LogP contribution in [0, 0.1) is 39.9 Å². The zero-order valence-corrected chi connectivity index (χ0v) is 14.8. The van der Waals surface area contributed by atoms with E-state index in [1.165, 1.54) is 38.5 Å². The Morgan fingerprint density at radius 2 is 1.68 bits per heavy atom. The highest BCUT2D eigenvalue weighted by molar-refractivity contribution is 5.75. The number of hydrogen-bond acceptors (Lipinski definition) is 2. The van der Waals surface area contributed by atoms with Gasteiger partial charge in [0.15, 0.2) is 0 Å². The second-order valence-corrected chi connectivity index (χ2v) is 9.92. The molecule has 0 N–H and O–H groups in total. The third-order valence-electron chi connectivity index (χ3n) is 8.65. The fraction of sp³-hybridized carbons (Fsp3) is 0.950. The van der Waals surface area contributed by atoms with Crippen LogP contribution >= 0.6 is 0 Å². The molecule has 4 aliphatic rings. The number of ether oxygens (including phenoxy) is 1. The second kappa shape index (κ2) is 4.51. The summed E-state index contributed by atoms with van der Waals surface area (Å²) in [6.45, 7) is 10.8. The second-order valence-electron chi connectivity index (χ2n) is 9.92. The van der Waals surface area contributed by atoms with E-state index in [1.54, 1.807) is 0 Å². The van der Waals surface area contributed by atoms with Crippen molar-refractivity contribution in [1.82, 2.24) is 0 Å². The van der Waals surface area contributed by atoms with Crippen LogP contribution in [0.2, 0.25) is 0 Å². The van der Waals surface area contributed by atoms with Gasteiger partial charge in [0.2, 0.25) is 0 Å². The van der Waals surface area contributed by atoms with Crippen LogP contribution in [-0.2, 0) is 9.53 Å². The Morgan fingerprint density at radius 1 is 0.909 bits per heavy atom. The Bertz CT molecular complexity index is 496. The molecule has 4 rings (SSSR count). The van der Waals surface area contributed by atoms with Gasteiger partial charge in [-0.2, -0.15) is 0 Å². The number of rotatable bonds is 0. The zero-order chi connectivity index (χ0) is 15.8. The van der Waals surface area contributed by atoms with Crippen LogP contribution in [0.3, 0.4) is 0 Å². The Balaban J connectivity index is 1.72. The van der Waals surface area contributed by atoms with Gasteiger partial charge in [-0.15, -0.1) is 0 Å². The summed E-state index contributed by atoms with van der Waals surface area (Å²) in [6.07, 6.45) is 9.16. The molecule has 1 unspecified atom stereocenters. The molecule has 22 heavy (non-hydrogen) atoms. The highest BCUT2D eigenvalue weighted by atomic mass is 16.5. The molecule has 1 heterocycles. The monoisotopic (exact) mass is 304 g/mol. The zero-order valence-electron chi connectivity index (χ0n) is 14.8.